The number of hydrogen-bond acceptors (Lipinski definition) is 2. The summed E-state index contributed by atoms with van der Waals surface area (Å²) in [6, 6.07) is 14.2. The number of fused-ring (bicyclic) bond motifs is 10. The van der Waals surface area contributed by atoms with Crippen molar-refractivity contribution in [2.24, 2.45) is 5.92 Å². The Morgan fingerprint density at radius 3 is 2.57 bits per heavy atom. The Balaban J connectivity index is 1.39. The Kier molecular flexibility index (Phi) is 7.24. The number of nitrogens with one attached hydrogen (secondary N) is 1. The van der Waals surface area contributed by atoms with Crippen molar-refractivity contribution in [3.8, 4) is 11.3 Å². The van der Waals surface area contributed by atoms with E-state index in [-0.39, 0.29) is 12.0 Å². The van der Waals surface area contributed by atoms with Gasteiger partial charge in [0.2, 0.25) is 23.1 Å². The number of hydrogen-bond donors (Lipinski definition) is 1. The fourth-order valence-corrected chi connectivity index (χ4v) is 11.0. The van der Waals surface area contributed by atoms with E-state index in [1.54, 1.807) is 10.8 Å². The highest BCUT2D eigenvalue weighted by atomic mass is 28.3. The van der Waals surface area contributed by atoms with Crippen molar-refractivity contribution in [3.05, 3.63) is 114 Å². The van der Waals surface area contributed by atoms with Gasteiger partial charge in [-0.3, -0.25) is 0 Å². The number of allylic oxidation sites excluding steroid dienone is 2. The van der Waals surface area contributed by atoms with Crippen LogP contribution in [-0.4, -0.2) is 14.6 Å². The van der Waals surface area contributed by atoms with E-state index in [2.05, 4.69) is 96.0 Å². The number of pyridine rings is 2. The summed E-state index contributed by atoms with van der Waals surface area (Å²) < 4.78 is 11.3. The molecule has 3 aromatic rings. The third-order valence-corrected chi connectivity index (χ3v) is 13.6. The molecule has 0 radical (unpaired) electrons. The van der Waals surface area contributed by atoms with Crippen molar-refractivity contribution in [1.82, 2.24) is 5.32 Å². The van der Waals surface area contributed by atoms with Crippen LogP contribution in [0.5, 0.6) is 0 Å². The SMILES string of the molecule is C=C1NCC2=C(C(=C)O1)c1c3c(cc[n+]1C(=C)C1C(C2)c2ccccc2-c2cc(CC4CCCC4)c([Si](C)(C)C)c[n+]21)CCCC3. The number of ether oxygens (including phenoxy) is 1. The zero-order valence-corrected chi connectivity index (χ0v) is 29.1. The molecule has 46 heavy (non-hydrogen) atoms. The average Bonchev–Trinajstić information content (AvgIpc) is 3.50. The summed E-state index contributed by atoms with van der Waals surface area (Å²) in [4.78, 5) is 0. The van der Waals surface area contributed by atoms with Crippen LogP contribution < -0.4 is 19.6 Å². The molecular weight excluding hydrogens is 579 g/mol. The molecule has 2 aliphatic carbocycles. The third kappa shape index (κ3) is 4.85. The van der Waals surface area contributed by atoms with Gasteiger partial charge in [-0.05, 0) is 85.9 Å². The first kappa shape index (κ1) is 29.7. The number of aryl methyl sites for hydroxylation is 1. The van der Waals surface area contributed by atoms with Crippen molar-refractivity contribution in [2.45, 2.75) is 95.8 Å². The van der Waals surface area contributed by atoms with Gasteiger partial charge in [-0.15, -0.1) is 0 Å². The van der Waals surface area contributed by atoms with Gasteiger partial charge in [0.1, 0.15) is 5.76 Å². The maximum absolute atomic E-state index is 6.24. The first-order valence-corrected chi connectivity index (χ1v) is 21.1. The van der Waals surface area contributed by atoms with Crippen molar-refractivity contribution in [1.29, 1.82) is 0 Å². The normalized spacial score (nSPS) is 22.6. The van der Waals surface area contributed by atoms with E-state index in [1.807, 2.05) is 0 Å². The molecule has 4 nitrogen and oxygen atoms in total. The zero-order valence-electron chi connectivity index (χ0n) is 28.1. The maximum atomic E-state index is 6.24. The second-order valence-corrected chi connectivity index (χ2v) is 20.5. The van der Waals surface area contributed by atoms with Crippen molar-refractivity contribution < 1.29 is 13.9 Å². The maximum Gasteiger partial charge on any atom is 0.249 e. The van der Waals surface area contributed by atoms with Gasteiger partial charge >= 0.3 is 0 Å². The minimum atomic E-state index is -1.66. The van der Waals surface area contributed by atoms with E-state index < -0.39 is 8.07 Å². The van der Waals surface area contributed by atoms with Gasteiger partial charge < -0.3 is 10.1 Å². The fraction of sp³-hybridized carbons (Fsp3) is 0.415. The molecule has 0 spiro atoms. The minimum absolute atomic E-state index is 0.0839. The molecule has 2 aromatic heterocycles. The molecule has 0 saturated heterocycles. The van der Waals surface area contributed by atoms with E-state index in [4.69, 9.17) is 11.3 Å². The first-order chi connectivity index (χ1) is 22.2. The van der Waals surface area contributed by atoms with Gasteiger partial charge in [0.25, 0.3) is 0 Å². The van der Waals surface area contributed by atoms with Crippen LogP contribution in [0.15, 0.2) is 85.7 Å². The molecule has 2 unspecified atom stereocenters. The van der Waals surface area contributed by atoms with Crippen LogP contribution in [0.25, 0.3) is 22.5 Å². The molecule has 5 aliphatic rings. The van der Waals surface area contributed by atoms with E-state index >= 15 is 0 Å². The number of aromatic nitrogens is 2. The molecule has 2 atom stereocenters. The summed E-state index contributed by atoms with van der Waals surface area (Å²) in [6.07, 6.45) is 17.2. The Hall–Kier alpha value is -3.70. The lowest BCUT2D eigenvalue weighted by Gasteiger charge is -2.34. The summed E-state index contributed by atoms with van der Waals surface area (Å²) in [5.41, 5.74) is 13.5. The molecule has 236 valence electrons. The quantitative estimate of drug-likeness (QED) is 0.239. The standard InChI is InChI=1S/C41H49N3OSi/c1-26-40-36(22-32-24-42-28(3)45-27(2)39(32)41-33-16-10-9-15-30(33)19-20-43(26)41)34-17-11-12-18-35(34)37-23-31(21-29-13-7-8-14-29)38(25-44(37)40)46(4,5)6/h11-12,17-20,23,25,29,36,40,42H,1-3,7-10,13-16,21-22,24H2,4-6H3/q+2. The van der Waals surface area contributed by atoms with Gasteiger partial charge in [0.05, 0.1) is 19.6 Å². The van der Waals surface area contributed by atoms with Crippen LogP contribution >= 0.6 is 0 Å². The minimum Gasteiger partial charge on any atom is -0.442 e. The van der Waals surface area contributed by atoms with E-state index in [1.165, 1.54) is 84.2 Å². The third-order valence-electron chi connectivity index (χ3n) is 11.5. The molecule has 8 rings (SSSR count). The summed E-state index contributed by atoms with van der Waals surface area (Å²) >= 11 is 0. The smallest absolute Gasteiger partial charge is 0.249 e. The Morgan fingerprint density at radius 2 is 1.76 bits per heavy atom. The summed E-state index contributed by atoms with van der Waals surface area (Å²) in [5, 5.41) is 5.10. The first-order valence-electron chi connectivity index (χ1n) is 17.6. The highest BCUT2D eigenvalue weighted by molar-refractivity contribution is 6.89. The molecule has 1 N–H and O–H groups in total. The van der Waals surface area contributed by atoms with Crippen LogP contribution in [-0.2, 0) is 24.0 Å². The van der Waals surface area contributed by atoms with Crippen molar-refractivity contribution >= 4 is 24.5 Å². The lowest BCUT2D eigenvalue weighted by atomic mass is 9.75. The second-order valence-electron chi connectivity index (χ2n) is 15.5. The molecular formula is C41H49N3OSi+2. The van der Waals surface area contributed by atoms with Gasteiger partial charge in [0, 0.05) is 35.0 Å². The zero-order chi connectivity index (χ0) is 31.7. The Morgan fingerprint density at radius 1 is 0.978 bits per heavy atom. The summed E-state index contributed by atoms with van der Waals surface area (Å²) in [5.74, 6) is 2.30. The lowest BCUT2D eigenvalue weighted by Crippen LogP contribution is -2.58. The van der Waals surface area contributed by atoms with Gasteiger partial charge in [-0.25, -0.2) is 0 Å². The van der Waals surface area contributed by atoms with Crippen LogP contribution in [0.3, 0.4) is 0 Å². The molecule has 5 heteroatoms. The Labute approximate surface area is 276 Å². The highest BCUT2D eigenvalue weighted by Gasteiger charge is 2.50. The monoisotopic (exact) mass is 627 g/mol. The van der Waals surface area contributed by atoms with E-state index in [0.717, 1.165) is 36.5 Å². The van der Waals surface area contributed by atoms with Crippen LogP contribution in [0, 0.1) is 5.92 Å². The molecule has 5 heterocycles. The average molecular weight is 628 g/mol. The molecule has 3 aliphatic heterocycles. The van der Waals surface area contributed by atoms with E-state index in [0.29, 0.717) is 18.2 Å². The fourth-order valence-electron chi connectivity index (χ4n) is 9.34. The number of benzene rings is 1. The predicted octanol–water partition coefficient (Wildman–Crippen LogP) is 7.66. The van der Waals surface area contributed by atoms with Crippen molar-refractivity contribution in [2.75, 3.05) is 6.54 Å². The Bertz CT molecular complexity index is 1840. The second kappa shape index (κ2) is 11.2. The number of nitrogens with zero attached hydrogens (tertiary/aromatic N) is 2. The summed E-state index contributed by atoms with van der Waals surface area (Å²) in [6.45, 7) is 21.9. The van der Waals surface area contributed by atoms with Crippen molar-refractivity contribution in [3.63, 3.8) is 0 Å². The molecule has 0 bridgehead atoms. The lowest BCUT2D eigenvalue weighted by molar-refractivity contribution is -0.729. The largest absolute Gasteiger partial charge is 0.442 e. The number of rotatable bonds is 3. The van der Waals surface area contributed by atoms with E-state index in [9.17, 15) is 0 Å². The van der Waals surface area contributed by atoms with Gasteiger partial charge in [-0.1, -0.05) is 70.1 Å². The van der Waals surface area contributed by atoms with Crippen LogP contribution in [0.4, 0.5) is 0 Å². The van der Waals surface area contributed by atoms with Gasteiger partial charge in [0.15, 0.2) is 18.3 Å². The summed E-state index contributed by atoms with van der Waals surface area (Å²) in [7, 11) is -1.66. The van der Waals surface area contributed by atoms with Gasteiger partial charge in [-0.2, -0.15) is 9.13 Å². The molecule has 1 aromatic carbocycles. The predicted molar refractivity (Wildman–Crippen MR) is 190 cm³/mol. The van der Waals surface area contributed by atoms with Crippen LogP contribution in [0.1, 0.15) is 84.9 Å². The molecule has 0 amide bonds. The topological polar surface area (TPSA) is 29.0 Å². The molecule has 1 saturated carbocycles. The van der Waals surface area contributed by atoms with Crippen LogP contribution in [0.2, 0.25) is 19.6 Å². The highest BCUT2D eigenvalue weighted by Crippen LogP contribution is 2.48. The molecule has 1 fully saturated rings.